The Labute approximate surface area is 180 Å². The number of furan rings is 1. The molecule has 152 valence electrons. The number of thiazole rings is 1. The minimum absolute atomic E-state index is 0.139. The van der Waals surface area contributed by atoms with E-state index in [-0.39, 0.29) is 23.1 Å². The zero-order chi connectivity index (χ0) is 21.1. The second-order valence-corrected chi connectivity index (χ2v) is 7.29. The highest BCUT2D eigenvalue weighted by atomic mass is 35.5. The second-order valence-electron chi connectivity index (χ2n) is 5.99. The number of carbonyl (C=O) groups is 2. The third-order valence-corrected chi connectivity index (χ3v) is 5.01. The van der Waals surface area contributed by atoms with Gasteiger partial charge in [-0.3, -0.25) is 10.1 Å². The molecule has 0 aliphatic rings. The molecule has 0 unspecified atom stereocenters. The molecule has 0 radical (unpaired) electrons. The molecule has 10 heteroatoms. The second kappa shape index (κ2) is 8.52. The van der Waals surface area contributed by atoms with E-state index in [0.717, 1.165) is 11.3 Å². The molecule has 4 aromatic rings. The van der Waals surface area contributed by atoms with Gasteiger partial charge in [-0.25, -0.2) is 14.5 Å². The van der Waals surface area contributed by atoms with Crippen molar-refractivity contribution in [2.45, 2.75) is 6.92 Å². The number of hydrogen-bond donors (Lipinski definition) is 1. The highest BCUT2D eigenvalue weighted by Crippen LogP contribution is 2.26. The number of esters is 1. The van der Waals surface area contributed by atoms with Gasteiger partial charge >= 0.3 is 5.97 Å². The number of rotatable bonds is 6. The van der Waals surface area contributed by atoms with Crippen molar-refractivity contribution in [3.05, 3.63) is 70.5 Å². The minimum atomic E-state index is -0.540. The SMILES string of the molecule is CCOC(=O)c1csc(NC(=O)c2cc(-c3ccco3)n(-c3ccc(Cl)cc3)n2)n1. The molecule has 0 saturated carbocycles. The standard InChI is InChI=1S/C20H15ClN4O4S/c1-2-28-19(27)15-11-30-20(22-15)23-18(26)14-10-16(17-4-3-9-29-17)25(24-14)13-7-5-12(21)6-8-13/h3-11H,2H2,1H3,(H,22,23,26). The third kappa shape index (κ3) is 4.12. The van der Waals surface area contributed by atoms with Crippen LogP contribution in [0.4, 0.5) is 5.13 Å². The number of hydrogen-bond acceptors (Lipinski definition) is 7. The summed E-state index contributed by atoms with van der Waals surface area (Å²) < 4.78 is 12.0. The first kappa shape index (κ1) is 19.9. The molecule has 1 amide bonds. The van der Waals surface area contributed by atoms with Crippen molar-refractivity contribution in [3.63, 3.8) is 0 Å². The van der Waals surface area contributed by atoms with Crippen LogP contribution in [0, 0.1) is 0 Å². The zero-order valence-corrected chi connectivity index (χ0v) is 17.2. The van der Waals surface area contributed by atoms with Gasteiger partial charge in [0, 0.05) is 16.5 Å². The van der Waals surface area contributed by atoms with E-state index in [1.165, 1.54) is 5.38 Å². The molecule has 8 nitrogen and oxygen atoms in total. The van der Waals surface area contributed by atoms with Crippen LogP contribution in [0.2, 0.25) is 5.02 Å². The monoisotopic (exact) mass is 442 g/mol. The van der Waals surface area contributed by atoms with Crippen LogP contribution >= 0.6 is 22.9 Å². The Hall–Kier alpha value is -3.43. The van der Waals surface area contributed by atoms with E-state index < -0.39 is 11.9 Å². The van der Waals surface area contributed by atoms with Gasteiger partial charge in [0.25, 0.3) is 5.91 Å². The van der Waals surface area contributed by atoms with E-state index >= 15 is 0 Å². The topological polar surface area (TPSA) is 99.2 Å². The number of anilines is 1. The quantitative estimate of drug-likeness (QED) is 0.435. The molecule has 30 heavy (non-hydrogen) atoms. The van der Waals surface area contributed by atoms with Gasteiger partial charge in [-0.1, -0.05) is 11.6 Å². The van der Waals surface area contributed by atoms with Crippen LogP contribution in [0.15, 0.2) is 58.5 Å². The summed E-state index contributed by atoms with van der Waals surface area (Å²) >= 11 is 7.10. The first-order valence-electron chi connectivity index (χ1n) is 8.89. The summed E-state index contributed by atoms with van der Waals surface area (Å²) in [6.45, 7) is 1.95. The van der Waals surface area contributed by atoms with Gasteiger partial charge in [0.15, 0.2) is 22.3 Å². The van der Waals surface area contributed by atoms with Gasteiger partial charge in [0.2, 0.25) is 0 Å². The Kier molecular flexibility index (Phi) is 5.64. The fraction of sp³-hybridized carbons (Fsp3) is 0.100. The highest BCUT2D eigenvalue weighted by molar-refractivity contribution is 7.14. The fourth-order valence-electron chi connectivity index (χ4n) is 2.66. The van der Waals surface area contributed by atoms with Crippen molar-refractivity contribution in [1.29, 1.82) is 0 Å². The van der Waals surface area contributed by atoms with Crippen LogP contribution in [-0.4, -0.2) is 33.2 Å². The number of nitrogens with one attached hydrogen (secondary N) is 1. The van der Waals surface area contributed by atoms with E-state index in [4.69, 9.17) is 20.8 Å². The Morgan fingerprint density at radius 3 is 2.73 bits per heavy atom. The van der Waals surface area contributed by atoms with E-state index in [9.17, 15) is 9.59 Å². The minimum Gasteiger partial charge on any atom is -0.463 e. The average Bonchev–Trinajstić information content (AvgIpc) is 3.49. The number of aromatic nitrogens is 3. The molecule has 0 aliphatic heterocycles. The molecule has 0 spiro atoms. The lowest BCUT2D eigenvalue weighted by molar-refractivity contribution is 0.0520. The van der Waals surface area contributed by atoms with Crippen molar-refractivity contribution < 1.29 is 18.7 Å². The first-order valence-corrected chi connectivity index (χ1v) is 10.1. The van der Waals surface area contributed by atoms with Crippen LogP contribution in [0.1, 0.15) is 27.9 Å². The fourth-order valence-corrected chi connectivity index (χ4v) is 3.46. The molecule has 1 aromatic carbocycles. The predicted molar refractivity (Wildman–Crippen MR) is 112 cm³/mol. The first-order chi connectivity index (χ1) is 14.5. The molecule has 4 rings (SSSR count). The Morgan fingerprint density at radius 1 is 1.23 bits per heavy atom. The maximum atomic E-state index is 12.8. The predicted octanol–water partition coefficient (Wildman–Crippen LogP) is 4.67. The largest absolute Gasteiger partial charge is 0.463 e. The van der Waals surface area contributed by atoms with Crippen LogP contribution in [0.5, 0.6) is 0 Å². The lowest BCUT2D eigenvalue weighted by atomic mass is 10.2. The number of ether oxygens (including phenoxy) is 1. The average molecular weight is 443 g/mol. The number of amides is 1. The van der Waals surface area contributed by atoms with E-state index in [1.54, 1.807) is 60.3 Å². The van der Waals surface area contributed by atoms with Crippen LogP contribution < -0.4 is 5.32 Å². The van der Waals surface area contributed by atoms with Crippen LogP contribution in [-0.2, 0) is 4.74 Å². The molecule has 3 aromatic heterocycles. The van der Waals surface area contributed by atoms with Crippen molar-refractivity contribution in [1.82, 2.24) is 14.8 Å². The van der Waals surface area contributed by atoms with Crippen molar-refractivity contribution in [2.75, 3.05) is 11.9 Å². The summed E-state index contributed by atoms with van der Waals surface area (Å²) in [7, 11) is 0. The maximum Gasteiger partial charge on any atom is 0.357 e. The number of halogens is 1. The van der Waals surface area contributed by atoms with Crippen LogP contribution in [0.3, 0.4) is 0 Å². The Bertz CT molecular complexity index is 1180. The summed E-state index contributed by atoms with van der Waals surface area (Å²) in [5.41, 5.74) is 1.60. The molecule has 0 aliphatic carbocycles. The molecule has 0 bridgehead atoms. The molecular weight excluding hydrogens is 428 g/mol. The molecule has 1 N–H and O–H groups in total. The molecule has 0 fully saturated rings. The number of nitrogens with zero attached hydrogens (tertiary/aromatic N) is 3. The lowest BCUT2D eigenvalue weighted by Crippen LogP contribution is -2.13. The van der Waals surface area contributed by atoms with Gasteiger partial charge in [-0.2, -0.15) is 5.10 Å². The normalized spacial score (nSPS) is 10.7. The zero-order valence-electron chi connectivity index (χ0n) is 15.7. The molecule has 0 atom stereocenters. The van der Waals surface area contributed by atoms with Gasteiger partial charge in [0.05, 0.1) is 18.6 Å². The van der Waals surface area contributed by atoms with E-state index in [0.29, 0.717) is 22.2 Å². The summed E-state index contributed by atoms with van der Waals surface area (Å²) in [6, 6.07) is 12.2. The Balaban J connectivity index is 1.63. The molecule has 0 saturated heterocycles. The number of benzene rings is 1. The summed E-state index contributed by atoms with van der Waals surface area (Å²) in [5.74, 6) is -0.461. The van der Waals surface area contributed by atoms with Gasteiger partial charge in [-0.15, -0.1) is 11.3 Å². The molecular formula is C20H15ClN4O4S. The summed E-state index contributed by atoms with van der Waals surface area (Å²) in [6.07, 6.45) is 1.54. The van der Waals surface area contributed by atoms with Gasteiger partial charge < -0.3 is 9.15 Å². The van der Waals surface area contributed by atoms with Crippen molar-refractivity contribution in [2.24, 2.45) is 0 Å². The van der Waals surface area contributed by atoms with Crippen LogP contribution in [0.25, 0.3) is 17.1 Å². The van der Waals surface area contributed by atoms with Gasteiger partial charge in [0.1, 0.15) is 5.69 Å². The van der Waals surface area contributed by atoms with Gasteiger partial charge in [-0.05, 0) is 43.3 Å². The van der Waals surface area contributed by atoms with E-state index in [2.05, 4.69) is 15.4 Å². The van der Waals surface area contributed by atoms with Crippen molar-refractivity contribution >= 4 is 39.9 Å². The smallest absolute Gasteiger partial charge is 0.357 e. The summed E-state index contributed by atoms with van der Waals surface area (Å²) in [5, 5.41) is 9.45. The third-order valence-electron chi connectivity index (χ3n) is 4.00. The highest BCUT2D eigenvalue weighted by Gasteiger charge is 2.20. The Morgan fingerprint density at radius 2 is 2.03 bits per heavy atom. The lowest BCUT2D eigenvalue weighted by Gasteiger charge is -2.05. The van der Waals surface area contributed by atoms with E-state index in [1.807, 2.05) is 0 Å². The number of carbonyl (C=O) groups excluding carboxylic acids is 2. The molecule has 3 heterocycles. The summed E-state index contributed by atoms with van der Waals surface area (Å²) in [4.78, 5) is 28.6. The maximum absolute atomic E-state index is 12.8. The van der Waals surface area contributed by atoms with Crippen molar-refractivity contribution in [3.8, 4) is 17.1 Å².